The van der Waals surface area contributed by atoms with Crippen molar-refractivity contribution < 1.29 is 4.79 Å². The monoisotopic (exact) mass is 289 g/mol. The van der Waals surface area contributed by atoms with Gasteiger partial charge < -0.3 is 11.1 Å². The predicted octanol–water partition coefficient (Wildman–Crippen LogP) is 2.53. The first kappa shape index (κ1) is 16.0. The zero-order valence-electron chi connectivity index (χ0n) is 13.2. The number of rotatable bonds is 5. The van der Waals surface area contributed by atoms with E-state index < -0.39 is 0 Å². The molecule has 1 amide bonds. The van der Waals surface area contributed by atoms with Gasteiger partial charge in [-0.15, -0.1) is 0 Å². The Balaban J connectivity index is 1.97. The average Bonchev–Trinajstić information content (AvgIpc) is 2.50. The summed E-state index contributed by atoms with van der Waals surface area (Å²) < 4.78 is 0. The van der Waals surface area contributed by atoms with Crippen LogP contribution in [0.4, 0.5) is 5.69 Å². The Labute approximate surface area is 127 Å². The Bertz CT molecular complexity index is 481. The summed E-state index contributed by atoms with van der Waals surface area (Å²) in [5.74, 6) is 0.0326. The van der Waals surface area contributed by atoms with Gasteiger partial charge in [-0.25, -0.2) is 0 Å². The summed E-state index contributed by atoms with van der Waals surface area (Å²) in [5.41, 5.74) is 7.99. The molecule has 1 aliphatic rings. The van der Waals surface area contributed by atoms with Crippen molar-refractivity contribution in [2.45, 2.75) is 44.6 Å². The Morgan fingerprint density at radius 1 is 1.29 bits per heavy atom. The van der Waals surface area contributed by atoms with Crippen LogP contribution in [0, 0.1) is 6.92 Å². The maximum atomic E-state index is 12.3. The van der Waals surface area contributed by atoms with Gasteiger partial charge in [0.2, 0.25) is 5.91 Å². The Morgan fingerprint density at radius 3 is 2.57 bits per heavy atom. The first-order chi connectivity index (χ1) is 10.1. The van der Waals surface area contributed by atoms with E-state index in [0.29, 0.717) is 13.1 Å². The average molecular weight is 289 g/mol. The lowest BCUT2D eigenvalue weighted by Gasteiger charge is -2.43. The van der Waals surface area contributed by atoms with Crippen LogP contribution in [0.15, 0.2) is 24.3 Å². The van der Waals surface area contributed by atoms with Gasteiger partial charge in [-0.2, -0.15) is 0 Å². The molecular formula is C17H27N3O. The molecule has 0 spiro atoms. The highest BCUT2D eigenvalue weighted by molar-refractivity contribution is 5.92. The van der Waals surface area contributed by atoms with Crippen LogP contribution in [0.25, 0.3) is 0 Å². The van der Waals surface area contributed by atoms with Crippen molar-refractivity contribution in [3.63, 3.8) is 0 Å². The maximum Gasteiger partial charge on any atom is 0.238 e. The second-order valence-electron chi connectivity index (χ2n) is 6.21. The molecule has 116 valence electrons. The minimum absolute atomic E-state index is 0.00131. The minimum Gasteiger partial charge on any atom is -0.329 e. The number of carbonyl (C=O) groups excluding carboxylic acids is 1. The van der Waals surface area contributed by atoms with E-state index in [1.807, 2.05) is 38.2 Å². The smallest absolute Gasteiger partial charge is 0.238 e. The molecule has 1 saturated carbocycles. The fraction of sp³-hybridized carbons (Fsp3) is 0.588. The number of aryl methyl sites for hydroxylation is 1. The highest BCUT2D eigenvalue weighted by Crippen LogP contribution is 2.31. The largest absolute Gasteiger partial charge is 0.329 e. The number of carbonyl (C=O) groups is 1. The summed E-state index contributed by atoms with van der Waals surface area (Å²) in [5, 5.41) is 3.00. The van der Waals surface area contributed by atoms with Crippen molar-refractivity contribution in [1.82, 2.24) is 4.90 Å². The SMILES string of the molecule is Cc1ccccc1NC(=O)CN(C)C1(CN)CCCCC1. The van der Waals surface area contributed by atoms with Crippen molar-refractivity contribution in [1.29, 1.82) is 0 Å². The van der Waals surface area contributed by atoms with E-state index in [2.05, 4.69) is 10.2 Å². The molecule has 0 atom stereocenters. The Morgan fingerprint density at radius 2 is 1.95 bits per heavy atom. The molecule has 0 saturated heterocycles. The zero-order valence-corrected chi connectivity index (χ0v) is 13.2. The van der Waals surface area contributed by atoms with Crippen molar-refractivity contribution in [3.05, 3.63) is 29.8 Å². The minimum atomic E-state index is 0.00131. The molecule has 2 rings (SSSR count). The Hall–Kier alpha value is -1.39. The number of nitrogens with two attached hydrogens (primary N) is 1. The predicted molar refractivity (Wildman–Crippen MR) is 87.3 cm³/mol. The molecule has 0 heterocycles. The lowest BCUT2D eigenvalue weighted by atomic mass is 9.80. The molecule has 4 nitrogen and oxygen atoms in total. The van der Waals surface area contributed by atoms with Gasteiger partial charge >= 0.3 is 0 Å². The molecule has 0 aromatic heterocycles. The summed E-state index contributed by atoms with van der Waals surface area (Å²) >= 11 is 0. The van der Waals surface area contributed by atoms with Crippen LogP contribution in [0.3, 0.4) is 0 Å². The molecule has 1 aromatic rings. The third kappa shape index (κ3) is 3.83. The lowest BCUT2D eigenvalue weighted by molar-refractivity contribution is -0.118. The fourth-order valence-corrected chi connectivity index (χ4v) is 3.24. The highest BCUT2D eigenvalue weighted by Gasteiger charge is 2.35. The van der Waals surface area contributed by atoms with Gasteiger partial charge in [-0.1, -0.05) is 37.5 Å². The second kappa shape index (κ2) is 7.05. The van der Waals surface area contributed by atoms with E-state index in [1.54, 1.807) is 0 Å². The summed E-state index contributed by atoms with van der Waals surface area (Å²) in [7, 11) is 2.02. The van der Waals surface area contributed by atoms with Gasteiger partial charge in [0.15, 0.2) is 0 Å². The molecular weight excluding hydrogens is 262 g/mol. The van der Waals surface area contributed by atoms with Crippen LogP contribution in [-0.4, -0.2) is 36.5 Å². The van der Waals surface area contributed by atoms with E-state index in [1.165, 1.54) is 19.3 Å². The third-order valence-electron chi connectivity index (χ3n) is 4.77. The number of nitrogens with zero attached hydrogens (tertiary/aromatic N) is 1. The molecule has 21 heavy (non-hydrogen) atoms. The number of para-hydroxylation sites is 1. The van der Waals surface area contributed by atoms with Crippen molar-refractivity contribution in [2.75, 3.05) is 25.5 Å². The molecule has 3 N–H and O–H groups in total. The number of hydrogen-bond acceptors (Lipinski definition) is 3. The summed E-state index contributed by atoms with van der Waals surface area (Å²) in [6.45, 7) is 3.02. The van der Waals surface area contributed by atoms with Gasteiger partial charge in [-0.05, 0) is 38.4 Å². The van der Waals surface area contributed by atoms with Crippen LogP contribution in [0.5, 0.6) is 0 Å². The number of benzene rings is 1. The van der Waals surface area contributed by atoms with E-state index in [4.69, 9.17) is 5.73 Å². The zero-order chi connectivity index (χ0) is 15.3. The van der Waals surface area contributed by atoms with Crippen LogP contribution in [-0.2, 0) is 4.79 Å². The summed E-state index contributed by atoms with van der Waals surface area (Å²) in [4.78, 5) is 14.4. The normalized spacial score (nSPS) is 17.7. The molecule has 0 bridgehead atoms. The van der Waals surface area contributed by atoms with Gasteiger partial charge in [-0.3, -0.25) is 9.69 Å². The van der Waals surface area contributed by atoms with E-state index >= 15 is 0 Å². The van der Waals surface area contributed by atoms with Gasteiger partial charge in [0.1, 0.15) is 0 Å². The Kier molecular flexibility index (Phi) is 5.37. The van der Waals surface area contributed by atoms with E-state index in [9.17, 15) is 4.79 Å². The summed E-state index contributed by atoms with van der Waals surface area (Å²) in [6, 6.07) is 7.85. The first-order valence-corrected chi connectivity index (χ1v) is 7.84. The number of amides is 1. The molecule has 1 aliphatic carbocycles. The van der Waals surface area contributed by atoms with E-state index in [0.717, 1.165) is 24.1 Å². The third-order valence-corrected chi connectivity index (χ3v) is 4.77. The van der Waals surface area contributed by atoms with Crippen LogP contribution < -0.4 is 11.1 Å². The number of anilines is 1. The molecule has 0 aliphatic heterocycles. The van der Waals surface area contributed by atoms with Gasteiger partial charge in [0, 0.05) is 17.8 Å². The molecule has 1 fully saturated rings. The van der Waals surface area contributed by atoms with Gasteiger partial charge in [0.05, 0.1) is 6.54 Å². The summed E-state index contributed by atoms with van der Waals surface area (Å²) in [6.07, 6.45) is 5.89. The topological polar surface area (TPSA) is 58.4 Å². The second-order valence-corrected chi connectivity index (χ2v) is 6.21. The highest BCUT2D eigenvalue weighted by atomic mass is 16.2. The van der Waals surface area contributed by atoms with Crippen molar-refractivity contribution in [2.24, 2.45) is 5.73 Å². The van der Waals surface area contributed by atoms with Crippen LogP contribution in [0.1, 0.15) is 37.7 Å². The van der Waals surface area contributed by atoms with Crippen LogP contribution in [0.2, 0.25) is 0 Å². The molecule has 0 radical (unpaired) electrons. The van der Waals surface area contributed by atoms with E-state index in [-0.39, 0.29) is 11.4 Å². The molecule has 1 aromatic carbocycles. The number of nitrogens with one attached hydrogen (secondary N) is 1. The standard InChI is InChI=1S/C17H27N3O/c1-14-8-4-5-9-15(14)19-16(21)12-20(2)17(13-18)10-6-3-7-11-17/h4-5,8-9H,3,6-7,10-13,18H2,1-2H3,(H,19,21). The quantitative estimate of drug-likeness (QED) is 0.875. The van der Waals surface area contributed by atoms with Gasteiger partial charge in [0.25, 0.3) is 0 Å². The maximum absolute atomic E-state index is 12.3. The lowest BCUT2D eigenvalue weighted by Crippen LogP contribution is -2.55. The first-order valence-electron chi connectivity index (χ1n) is 7.84. The number of hydrogen-bond donors (Lipinski definition) is 2. The molecule has 0 unspecified atom stereocenters. The van der Waals surface area contributed by atoms with Crippen molar-refractivity contribution in [3.8, 4) is 0 Å². The van der Waals surface area contributed by atoms with Crippen LogP contribution >= 0.6 is 0 Å². The molecule has 4 heteroatoms. The fourth-order valence-electron chi connectivity index (χ4n) is 3.24. The number of likely N-dealkylation sites (N-methyl/N-ethyl adjacent to an activating group) is 1. The van der Waals surface area contributed by atoms with Crippen molar-refractivity contribution >= 4 is 11.6 Å².